The summed E-state index contributed by atoms with van der Waals surface area (Å²) >= 11 is 0. The van der Waals surface area contributed by atoms with E-state index in [1.165, 1.54) is 26.4 Å². The molecule has 0 N–H and O–H groups in total. The minimum absolute atomic E-state index is 0.184. The van der Waals surface area contributed by atoms with Crippen LogP contribution in [-0.2, 0) is 9.53 Å². The van der Waals surface area contributed by atoms with Crippen molar-refractivity contribution < 1.29 is 9.53 Å². The van der Waals surface area contributed by atoms with Crippen LogP contribution < -0.4 is 0 Å². The zero-order chi connectivity index (χ0) is 12.7. The largest absolute Gasteiger partial charge is 0.466 e. The van der Waals surface area contributed by atoms with E-state index in [9.17, 15) is 4.79 Å². The first-order valence-electron chi connectivity index (χ1n) is 6.70. The maximum atomic E-state index is 11.4. The van der Waals surface area contributed by atoms with Gasteiger partial charge in [-0.3, -0.25) is 4.90 Å². The van der Waals surface area contributed by atoms with Crippen molar-refractivity contribution in [1.82, 2.24) is 4.90 Å². The van der Waals surface area contributed by atoms with Gasteiger partial charge in [0.1, 0.15) is 0 Å². The van der Waals surface area contributed by atoms with E-state index in [0.717, 1.165) is 37.5 Å². The van der Waals surface area contributed by atoms with Crippen LogP contribution in [0.25, 0.3) is 0 Å². The number of hydrogen-bond acceptors (Lipinski definition) is 3. The Labute approximate surface area is 105 Å². The molecule has 1 saturated heterocycles. The van der Waals surface area contributed by atoms with E-state index in [1.54, 1.807) is 0 Å². The van der Waals surface area contributed by atoms with Gasteiger partial charge in [-0.25, -0.2) is 4.79 Å². The fourth-order valence-electron chi connectivity index (χ4n) is 2.32. The van der Waals surface area contributed by atoms with Crippen LogP contribution in [0, 0.1) is 5.92 Å². The van der Waals surface area contributed by atoms with E-state index < -0.39 is 0 Å². The first-order valence-corrected chi connectivity index (χ1v) is 6.70. The molecule has 98 valence electrons. The van der Waals surface area contributed by atoms with Crippen molar-refractivity contribution in [2.45, 2.75) is 39.5 Å². The van der Waals surface area contributed by atoms with Crippen molar-refractivity contribution >= 4 is 5.97 Å². The molecule has 0 spiro atoms. The van der Waals surface area contributed by atoms with Gasteiger partial charge in [-0.05, 0) is 38.3 Å². The first-order chi connectivity index (χ1) is 8.21. The third-order valence-corrected chi connectivity index (χ3v) is 3.71. The Morgan fingerprint density at radius 2 is 2.00 bits per heavy atom. The molecule has 0 aromatic rings. The fourth-order valence-corrected chi connectivity index (χ4v) is 2.32. The maximum Gasteiger partial charge on any atom is 0.333 e. The average molecular weight is 239 g/mol. The van der Waals surface area contributed by atoms with Gasteiger partial charge in [0, 0.05) is 12.1 Å². The third kappa shape index (κ3) is 4.50. The third-order valence-electron chi connectivity index (χ3n) is 3.71. The molecule has 1 fully saturated rings. The minimum atomic E-state index is -0.184. The summed E-state index contributed by atoms with van der Waals surface area (Å²) in [4.78, 5) is 13.8. The number of hydrogen-bond donors (Lipinski definition) is 0. The van der Waals surface area contributed by atoms with Crippen molar-refractivity contribution in [2.24, 2.45) is 5.92 Å². The van der Waals surface area contributed by atoms with Gasteiger partial charge in [-0.1, -0.05) is 26.3 Å². The standard InChI is InChI=1S/C14H25NO2/c1-4-12-6-9-15(10-7-12)11-8-13(5-2)14(16)17-3/h8,12H,4-7,9-11H2,1-3H3. The Balaban J connectivity index is 2.39. The molecule has 0 aromatic heterocycles. The quantitative estimate of drug-likeness (QED) is 0.545. The number of carbonyl (C=O) groups is 1. The SMILES string of the molecule is CCC(=CCN1CCC(CC)CC1)C(=O)OC. The molecule has 0 aromatic carbocycles. The lowest BCUT2D eigenvalue weighted by Gasteiger charge is -2.30. The Morgan fingerprint density at radius 1 is 1.35 bits per heavy atom. The van der Waals surface area contributed by atoms with Crippen LogP contribution >= 0.6 is 0 Å². The highest BCUT2D eigenvalue weighted by Crippen LogP contribution is 2.19. The molecular formula is C14H25NO2. The van der Waals surface area contributed by atoms with Crippen molar-refractivity contribution in [2.75, 3.05) is 26.7 Å². The van der Waals surface area contributed by atoms with Gasteiger partial charge in [0.15, 0.2) is 0 Å². The molecule has 1 rings (SSSR count). The van der Waals surface area contributed by atoms with E-state index in [0.29, 0.717) is 0 Å². The number of nitrogens with zero attached hydrogens (tertiary/aromatic N) is 1. The maximum absolute atomic E-state index is 11.4. The van der Waals surface area contributed by atoms with Gasteiger partial charge < -0.3 is 4.74 Å². The number of piperidine rings is 1. The summed E-state index contributed by atoms with van der Waals surface area (Å²) in [6, 6.07) is 0. The highest BCUT2D eigenvalue weighted by Gasteiger charge is 2.17. The number of rotatable bonds is 5. The minimum Gasteiger partial charge on any atom is -0.466 e. The van der Waals surface area contributed by atoms with Gasteiger partial charge in [0.05, 0.1) is 7.11 Å². The predicted octanol–water partition coefficient (Wildman–Crippen LogP) is 2.62. The molecule has 0 bridgehead atoms. The van der Waals surface area contributed by atoms with Gasteiger partial charge in [0.2, 0.25) is 0 Å². The van der Waals surface area contributed by atoms with Gasteiger partial charge in [-0.15, -0.1) is 0 Å². The molecule has 0 atom stereocenters. The van der Waals surface area contributed by atoms with Crippen LogP contribution in [0.4, 0.5) is 0 Å². The smallest absolute Gasteiger partial charge is 0.333 e. The summed E-state index contributed by atoms with van der Waals surface area (Å²) in [6.45, 7) is 7.47. The molecule has 1 heterocycles. The van der Waals surface area contributed by atoms with E-state index in [1.807, 2.05) is 13.0 Å². The Kier molecular flexibility index (Phi) is 6.27. The molecule has 0 amide bonds. The highest BCUT2D eigenvalue weighted by atomic mass is 16.5. The number of esters is 1. The van der Waals surface area contributed by atoms with Crippen LogP contribution in [-0.4, -0.2) is 37.6 Å². The average Bonchev–Trinajstić information content (AvgIpc) is 2.39. The van der Waals surface area contributed by atoms with E-state index in [2.05, 4.69) is 11.8 Å². The summed E-state index contributed by atoms with van der Waals surface area (Å²) in [5, 5.41) is 0. The van der Waals surface area contributed by atoms with Crippen LogP contribution in [0.15, 0.2) is 11.6 Å². The predicted molar refractivity (Wildman–Crippen MR) is 69.8 cm³/mol. The van der Waals surface area contributed by atoms with Crippen molar-refractivity contribution in [3.05, 3.63) is 11.6 Å². The normalized spacial score (nSPS) is 19.4. The van der Waals surface area contributed by atoms with Crippen LogP contribution in [0.1, 0.15) is 39.5 Å². The van der Waals surface area contributed by atoms with Gasteiger partial charge >= 0.3 is 5.97 Å². The molecule has 0 unspecified atom stereocenters. The van der Waals surface area contributed by atoms with Crippen LogP contribution in [0.5, 0.6) is 0 Å². The molecule has 1 aliphatic heterocycles. The molecule has 3 heteroatoms. The van der Waals surface area contributed by atoms with Crippen LogP contribution in [0.3, 0.4) is 0 Å². The summed E-state index contributed by atoms with van der Waals surface area (Å²) in [5.74, 6) is 0.720. The second kappa shape index (κ2) is 7.49. The molecular weight excluding hydrogens is 214 g/mol. The lowest BCUT2D eigenvalue weighted by atomic mass is 9.94. The van der Waals surface area contributed by atoms with E-state index in [4.69, 9.17) is 4.74 Å². The summed E-state index contributed by atoms with van der Waals surface area (Å²) in [5.41, 5.74) is 0.796. The second-order valence-electron chi connectivity index (χ2n) is 4.73. The molecule has 0 radical (unpaired) electrons. The number of ether oxygens (including phenoxy) is 1. The van der Waals surface area contributed by atoms with Crippen molar-refractivity contribution in [3.8, 4) is 0 Å². The molecule has 3 nitrogen and oxygen atoms in total. The Hall–Kier alpha value is -0.830. The van der Waals surface area contributed by atoms with E-state index in [-0.39, 0.29) is 5.97 Å². The molecule has 1 aliphatic rings. The van der Waals surface area contributed by atoms with Crippen LogP contribution in [0.2, 0.25) is 0 Å². The number of likely N-dealkylation sites (tertiary alicyclic amines) is 1. The monoisotopic (exact) mass is 239 g/mol. The molecule has 0 aliphatic carbocycles. The molecule has 0 saturated carbocycles. The lowest BCUT2D eigenvalue weighted by molar-refractivity contribution is -0.136. The zero-order valence-electron chi connectivity index (χ0n) is 11.4. The topological polar surface area (TPSA) is 29.5 Å². The Morgan fingerprint density at radius 3 is 2.47 bits per heavy atom. The zero-order valence-corrected chi connectivity index (χ0v) is 11.4. The number of carbonyl (C=O) groups excluding carboxylic acids is 1. The first kappa shape index (κ1) is 14.2. The van der Waals surface area contributed by atoms with Gasteiger partial charge in [-0.2, -0.15) is 0 Å². The highest BCUT2D eigenvalue weighted by molar-refractivity contribution is 5.88. The fraction of sp³-hybridized carbons (Fsp3) is 0.786. The Bertz CT molecular complexity index is 265. The summed E-state index contributed by atoms with van der Waals surface area (Å²) in [7, 11) is 1.44. The summed E-state index contributed by atoms with van der Waals surface area (Å²) < 4.78 is 4.75. The van der Waals surface area contributed by atoms with Crippen molar-refractivity contribution in [3.63, 3.8) is 0 Å². The van der Waals surface area contributed by atoms with Crippen molar-refractivity contribution in [1.29, 1.82) is 0 Å². The number of methoxy groups -OCH3 is 1. The van der Waals surface area contributed by atoms with E-state index >= 15 is 0 Å². The van der Waals surface area contributed by atoms with Gasteiger partial charge in [0.25, 0.3) is 0 Å². The lowest BCUT2D eigenvalue weighted by Crippen LogP contribution is -2.33. The second-order valence-corrected chi connectivity index (χ2v) is 4.73. The summed E-state index contributed by atoms with van der Waals surface area (Å²) in [6.07, 6.45) is 6.66. The molecule has 17 heavy (non-hydrogen) atoms.